The monoisotopic (exact) mass is 184 g/mol. The maximum absolute atomic E-state index is 10.2. The molecule has 1 atom stereocenters. The largest absolute Gasteiger partial charge is 1.00 e. The second-order valence-corrected chi connectivity index (χ2v) is 2.64. The van der Waals surface area contributed by atoms with Crippen LogP contribution in [0.3, 0.4) is 0 Å². The molecule has 11 heavy (non-hydrogen) atoms. The third-order valence-corrected chi connectivity index (χ3v) is 1.27. The Balaban J connectivity index is 0.000001000. The molecule has 0 aliphatic carbocycles. The number of aliphatic carboxylic acids is 1. The minimum atomic E-state index is -1.22. The molecule has 1 aliphatic heterocycles. The molecule has 0 bridgehead atoms. The van der Waals surface area contributed by atoms with Crippen molar-refractivity contribution in [3.63, 3.8) is 0 Å². The zero-order valence-electron chi connectivity index (χ0n) is 6.92. The van der Waals surface area contributed by atoms with Crippen molar-refractivity contribution in [2.45, 2.75) is 25.7 Å². The average molecular weight is 184 g/mol. The van der Waals surface area contributed by atoms with Crippen LogP contribution in [0.1, 0.15) is 13.8 Å². The van der Waals surface area contributed by atoms with Gasteiger partial charge in [-0.15, -0.1) is 0 Å². The average Bonchev–Trinajstić information content (AvgIpc) is 2.10. The molecule has 1 unspecified atom stereocenters. The topological polar surface area (TPSA) is 58.6 Å². The molecule has 0 N–H and O–H groups in total. The summed E-state index contributed by atoms with van der Waals surface area (Å²) in [4.78, 5) is 10.2. The van der Waals surface area contributed by atoms with Crippen molar-refractivity contribution in [2.75, 3.05) is 6.61 Å². The third kappa shape index (κ3) is 3.50. The van der Waals surface area contributed by atoms with Gasteiger partial charge in [-0.25, -0.2) is 0 Å². The van der Waals surface area contributed by atoms with E-state index in [9.17, 15) is 9.90 Å². The van der Waals surface area contributed by atoms with Gasteiger partial charge in [-0.2, -0.15) is 0 Å². The quantitative estimate of drug-likeness (QED) is 0.389. The van der Waals surface area contributed by atoms with Gasteiger partial charge >= 0.3 is 51.4 Å². The van der Waals surface area contributed by atoms with Gasteiger partial charge in [-0.1, -0.05) is 0 Å². The predicted octanol–water partition coefficient (Wildman–Crippen LogP) is -4.11. The summed E-state index contributed by atoms with van der Waals surface area (Å²) in [6.45, 7) is 3.40. The van der Waals surface area contributed by atoms with Crippen LogP contribution in [0.5, 0.6) is 0 Å². The van der Waals surface area contributed by atoms with Gasteiger partial charge in [-0.05, 0) is 13.8 Å². The van der Waals surface area contributed by atoms with E-state index in [4.69, 9.17) is 9.47 Å². The van der Waals surface area contributed by atoms with Gasteiger partial charge in [0, 0.05) is 0 Å². The zero-order valence-corrected chi connectivity index (χ0v) is 10.0. The van der Waals surface area contributed by atoms with Gasteiger partial charge in [-0.3, -0.25) is 0 Å². The van der Waals surface area contributed by atoms with Gasteiger partial charge in [0.05, 0.1) is 12.6 Å². The molecule has 58 valence electrons. The van der Waals surface area contributed by atoms with E-state index in [1.54, 1.807) is 13.8 Å². The van der Waals surface area contributed by atoms with Crippen LogP contribution in [0, 0.1) is 0 Å². The number of rotatable bonds is 1. The number of hydrogen-bond donors (Lipinski definition) is 0. The summed E-state index contributed by atoms with van der Waals surface area (Å²) < 4.78 is 9.90. The summed E-state index contributed by atoms with van der Waals surface area (Å²) in [5.74, 6) is -1.99. The molecule has 0 radical (unpaired) electrons. The van der Waals surface area contributed by atoms with E-state index < -0.39 is 17.9 Å². The first-order chi connectivity index (χ1) is 4.51. The normalized spacial score (nSPS) is 27.6. The summed E-state index contributed by atoms with van der Waals surface area (Å²) in [5.41, 5.74) is 0. The molecule has 0 saturated carbocycles. The Morgan fingerprint density at radius 2 is 2.18 bits per heavy atom. The maximum Gasteiger partial charge on any atom is 1.00 e. The molecule has 1 aliphatic rings. The van der Waals surface area contributed by atoms with Crippen LogP contribution in [-0.4, -0.2) is 24.5 Å². The molecular formula is C6H9KO4. The first-order valence-electron chi connectivity index (χ1n) is 3.04. The van der Waals surface area contributed by atoms with Crippen LogP contribution in [0.2, 0.25) is 0 Å². The fourth-order valence-electron chi connectivity index (χ4n) is 0.803. The molecule has 1 heterocycles. The van der Waals surface area contributed by atoms with Crippen molar-refractivity contribution in [2.24, 2.45) is 0 Å². The summed E-state index contributed by atoms with van der Waals surface area (Å²) in [6.07, 6.45) is -0.907. The molecule has 0 amide bonds. The fourth-order valence-corrected chi connectivity index (χ4v) is 0.803. The Kier molecular flexibility index (Phi) is 4.72. The van der Waals surface area contributed by atoms with E-state index in [2.05, 4.69) is 0 Å². The Hall–Kier alpha value is 1.03. The molecule has 0 spiro atoms. The Morgan fingerprint density at radius 3 is 2.36 bits per heavy atom. The van der Waals surface area contributed by atoms with E-state index >= 15 is 0 Å². The number of carboxylic acids is 1. The minimum Gasteiger partial charge on any atom is -0.547 e. The summed E-state index contributed by atoms with van der Waals surface area (Å²) >= 11 is 0. The summed E-state index contributed by atoms with van der Waals surface area (Å²) in [7, 11) is 0. The molecule has 0 aromatic carbocycles. The van der Waals surface area contributed by atoms with Crippen molar-refractivity contribution in [3.05, 3.63) is 0 Å². The second-order valence-electron chi connectivity index (χ2n) is 2.64. The molecule has 0 aromatic rings. The zero-order chi connectivity index (χ0) is 7.78. The van der Waals surface area contributed by atoms with E-state index in [1.165, 1.54) is 0 Å². The summed E-state index contributed by atoms with van der Waals surface area (Å²) in [6, 6.07) is 0. The van der Waals surface area contributed by atoms with E-state index in [-0.39, 0.29) is 58.0 Å². The van der Waals surface area contributed by atoms with Crippen LogP contribution in [0.25, 0.3) is 0 Å². The predicted molar refractivity (Wildman–Crippen MR) is 29.9 cm³/mol. The van der Waals surface area contributed by atoms with E-state index in [0.29, 0.717) is 0 Å². The molecule has 5 heteroatoms. The molecule has 1 fully saturated rings. The van der Waals surface area contributed by atoms with Crippen molar-refractivity contribution < 1.29 is 70.8 Å². The van der Waals surface area contributed by atoms with Crippen LogP contribution < -0.4 is 56.5 Å². The SMILES string of the molecule is CC1(C)OCC(C(=O)[O-])O1.[K+]. The van der Waals surface area contributed by atoms with Crippen LogP contribution in [0.4, 0.5) is 0 Å². The van der Waals surface area contributed by atoms with Gasteiger partial charge in [0.25, 0.3) is 0 Å². The summed E-state index contributed by atoms with van der Waals surface area (Å²) in [5, 5.41) is 10.2. The van der Waals surface area contributed by atoms with E-state index in [0.717, 1.165) is 0 Å². The Morgan fingerprint density at radius 1 is 1.64 bits per heavy atom. The number of ether oxygens (including phenoxy) is 2. The van der Waals surface area contributed by atoms with Crippen molar-refractivity contribution >= 4 is 5.97 Å². The molecule has 0 aromatic heterocycles. The first kappa shape index (κ1) is 12.0. The first-order valence-corrected chi connectivity index (χ1v) is 3.04. The molecular weight excluding hydrogens is 175 g/mol. The Labute approximate surface area is 108 Å². The number of carbonyl (C=O) groups is 1. The van der Waals surface area contributed by atoms with Crippen LogP contribution in [-0.2, 0) is 14.3 Å². The van der Waals surface area contributed by atoms with Crippen molar-refractivity contribution in [3.8, 4) is 0 Å². The van der Waals surface area contributed by atoms with Crippen molar-refractivity contribution in [1.29, 1.82) is 0 Å². The van der Waals surface area contributed by atoms with Gasteiger partial charge < -0.3 is 19.4 Å². The molecule has 4 nitrogen and oxygen atoms in total. The molecule has 1 saturated heterocycles. The maximum atomic E-state index is 10.2. The number of carboxylic acid groups (broad SMARTS) is 1. The van der Waals surface area contributed by atoms with Crippen LogP contribution >= 0.6 is 0 Å². The fraction of sp³-hybridized carbons (Fsp3) is 0.833. The smallest absolute Gasteiger partial charge is 0.547 e. The standard InChI is InChI=1S/C6H10O4.K/c1-6(2)9-3-4(10-6)5(7)8;/h4H,3H2,1-2H3,(H,7,8);/q;+1/p-1. The Bertz CT molecular complexity index is 157. The van der Waals surface area contributed by atoms with E-state index in [1.807, 2.05) is 0 Å². The number of carbonyl (C=O) groups excluding carboxylic acids is 1. The van der Waals surface area contributed by atoms with Crippen molar-refractivity contribution in [1.82, 2.24) is 0 Å². The third-order valence-electron chi connectivity index (χ3n) is 1.27. The van der Waals surface area contributed by atoms with Gasteiger partial charge in [0.1, 0.15) is 6.10 Å². The number of hydrogen-bond acceptors (Lipinski definition) is 4. The molecule has 1 rings (SSSR count). The minimum absolute atomic E-state index is 0. The second kappa shape index (κ2) is 4.32. The van der Waals surface area contributed by atoms with Crippen LogP contribution in [0.15, 0.2) is 0 Å². The van der Waals surface area contributed by atoms with Gasteiger partial charge in [0.2, 0.25) is 0 Å². The van der Waals surface area contributed by atoms with Gasteiger partial charge in [0.15, 0.2) is 5.79 Å².